The molecular formula is C46H44N4O3. The van der Waals surface area contributed by atoms with Crippen LogP contribution in [0, 0.1) is 41.5 Å². The van der Waals surface area contributed by atoms with Gasteiger partial charge in [0.05, 0.1) is 43.8 Å². The predicted octanol–water partition coefficient (Wildman–Crippen LogP) is 11.6. The Morgan fingerprint density at radius 1 is 0.415 bits per heavy atom. The molecule has 7 nitrogen and oxygen atoms in total. The van der Waals surface area contributed by atoms with E-state index in [-0.39, 0.29) is 0 Å². The number of aryl methyl sites for hydroxylation is 6. The predicted molar refractivity (Wildman–Crippen MR) is 220 cm³/mol. The van der Waals surface area contributed by atoms with Crippen LogP contribution in [0.1, 0.15) is 44.8 Å². The lowest BCUT2D eigenvalue weighted by Crippen LogP contribution is -1.96. The largest absolute Gasteiger partial charge is 0.493 e. The van der Waals surface area contributed by atoms with E-state index in [4.69, 9.17) is 19.2 Å². The fourth-order valence-electron chi connectivity index (χ4n) is 8.35. The van der Waals surface area contributed by atoms with Crippen LogP contribution in [-0.2, 0) is 0 Å². The van der Waals surface area contributed by atoms with Crippen LogP contribution in [0.2, 0.25) is 0 Å². The van der Waals surface area contributed by atoms with E-state index in [1.165, 1.54) is 44.5 Å². The van der Waals surface area contributed by atoms with Crippen LogP contribution in [0.25, 0.3) is 78.6 Å². The molecule has 7 heteroatoms. The van der Waals surface area contributed by atoms with E-state index in [9.17, 15) is 0 Å². The zero-order valence-electron chi connectivity index (χ0n) is 31.8. The number of hydrogen-bond acceptors (Lipinski definition) is 4. The van der Waals surface area contributed by atoms with Crippen molar-refractivity contribution >= 4 is 45.3 Å². The second-order valence-corrected chi connectivity index (χ2v) is 14.2. The van der Waals surface area contributed by atoms with Crippen molar-refractivity contribution in [3.63, 3.8) is 0 Å². The van der Waals surface area contributed by atoms with E-state index in [0.29, 0.717) is 17.2 Å². The molecule has 0 fully saturated rings. The average Bonchev–Trinajstić information content (AvgIpc) is 3.95. The fourth-order valence-corrected chi connectivity index (χ4v) is 8.35. The summed E-state index contributed by atoms with van der Waals surface area (Å²) in [5.74, 6) is 1.67. The van der Waals surface area contributed by atoms with Crippen LogP contribution >= 0.6 is 0 Å². The Balaban J connectivity index is 1.59. The molecule has 1 aliphatic heterocycles. The third-order valence-electron chi connectivity index (χ3n) is 10.4. The van der Waals surface area contributed by atoms with Crippen LogP contribution in [0.15, 0.2) is 72.8 Å². The third kappa shape index (κ3) is 5.73. The number of nitrogens with one attached hydrogen (secondary N) is 3. The summed E-state index contributed by atoms with van der Waals surface area (Å²) in [6.45, 7) is 13.0. The molecular weight excluding hydrogens is 657 g/mol. The summed E-state index contributed by atoms with van der Waals surface area (Å²) in [4.78, 5) is 16.9. The van der Waals surface area contributed by atoms with Gasteiger partial charge < -0.3 is 29.2 Å². The number of nitrogens with zero attached hydrogens (tertiary/aromatic N) is 1. The van der Waals surface area contributed by atoms with Crippen molar-refractivity contribution < 1.29 is 14.2 Å². The van der Waals surface area contributed by atoms with Crippen LogP contribution in [0.5, 0.6) is 17.2 Å². The lowest BCUT2D eigenvalue weighted by Gasteiger charge is -2.15. The normalized spacial score (nSPS) is 11.8. The summed E-state index contributed by atoms with van der Waals surface area (Å²) in [7, 11) is 4.91. The van der Waals surface area contributed by atoms with Crippen molar-refractivity contribution in [1.82, 2.24) is 19.9 Å². The van der Waals surface area contributed by atoms with E-state index < -0.39 is 0 Å². The van der Waals surface area contributed by atoms with Crippen LogP contribution < -0.4 is 14.2 Å². The minimum Gasteiger partial charge on any atom is -0.493 e. The minimum absolute atomic E-state index is 0.534. The summed E-state index contributed by atoms with van der Waals surface area (Å²) in [6.07, 6.45) is 4.24. The Morgan fingerprint density at radius 3 is 1.25 bits per heavy atom. The number of hydrogen-bond donors (Lipinski definition) is 3. The molecule has 8 rings (SSSR count). The van der Waals surface area contributed by atoms with Crippen molar-refractivity contribution in [2.24, 2.45) is 0 Å². The first-order valence-electron chi connectivity index (χ1n) is 17.9. The highest BCUT2D eigenvalue weighted by molar-refractivity contribution is 6.01. The lowest BCUT2D eigenvalue weighted by atomic mass is 9.92. The van der Waals surface area contributed by atoms with Crippen molar-refractivity contribution in [2.45, 2.75) is 41.5 Å². The number of aromatic nitrogens is 4. The molecule has 0 atom stereocenters. The van der Waals surface area contributed by atoms with Gasteiger partial charge in [-0.1, -0.05) is 35.4 Å². The molecule has 0 saturated carbocycles. The molecule has 0 saturated heterocycles. The molecule has 266 valence electrons. The molecule has 4 aromatic heterocycles. The van der Waals surface area contributed by atoms with Crippen LogP contribution in [0.3, 0.4) is 0 Å². The Kier molecular flexibility index (Phi) is 8.37. The number of H-pyrrole nitrogens is 3. The maximum Gasteiger partial charge on any atom is 0.203 e. The van der Waals surface area contributed by atoms with Crippen molar-refractivity contribution in [3.8, 4) is 50.6 Å². The molecule has 0 amide bonds. The Bertz CT molecular complexity index is 2690. The summed E-state index contributed by atoms with van der Waals surface area (Å²) in [6, 6.07) is 26.0. The molecule has 8 bridgehead atoms. The molecule has 0 unspecified atom stereocenters. The van der Waals surface area contributed by atoms with Crippen molar-refractivity contribution in [3.05, 3.63) is 118 Å². The summed E-state index contributed by atoms with van der Waals surface area (Å²) in [5, 5.41) is 0. The van der Waals surface area contributed by atoms with E-state index in [1.807, 2.05) is 12.1 Å². The highest BCUT2D eigenvalue weighted by atomic mass is 16.5. The van der Waals surface area contributed by atoms with Gasteiger partial charge in [0.15, 0.2) is 11.5 Å². The Morgan fingerprint density at radius 2 is 0.792 bits per heavy atom. The first-order chi connectivity index (χ1) is 25.6. The molecule has 3 N–H and O–H groups in total. The zero-order chi connectivity index (χ0) is 37.1. The average molecular weight is 701 g/mol. The van der Waals surface area contributed by atoms with Gasteiger partial charge in [-0.15, -0.1) is 0 Å². The number of methoxy groups -OCH3 is 3. The molecule has 0 radical (unpaired) electrons. The quantitative estimate of drug-likeness (QED) is 0.161. The van der Waals surface area contributed by atoms with E-state index >= 15 is 0 Å². The first-order valence-corrected chi connectivity index (χ1v) is 17.9. The topological polar surface area (TPSA) is 88.0 Å². The summed E-state index contributed by atoms with van der Waals surface area (Å²) in [5.41, 5.74) is 21.2. The second kappa shape index (κ2) is 13.1. The molecule has 5 heterocycles. The van der Waals surface area contributed by atoms with Gasteiger partial charge in [-0.25, -0.2) is 4.98 Å². The highest BCUT2D eigenvalue weighted by Crippen LogP contribution is 2.44. The van der Waals surface area contributed by atoms with Crippen molar-refractivity contribution in [2.75, 3.05) is 21.3 Å². The standard InChI is InChI=1S/C46H44N4O3/c1-24-18-26(3)41(27(4)19-24)44-35-12-10-31(47-35)32-11-13-36(48-32)45(42-28(5)20-25(2)21-29(42)6)38-17-15-34(50-38)43(33-14-16-37(44)49-33)30-22-39(51-7)46(53-9)40(23-30)52-8/h10-23,47-49H,1-9H3. The fraction of sp³-hybridized carbons (Fsp3) is 0.196. The van der Waals surface area contributed by atoms with Crippen molar-refractivity contribution in [1.29, 1.82) is 0 Å². The van der Waals surface area contributed by atoms with Gasteiger partial charge in [0.1, 0.15) is 0 Å². The zero-order valence-corrected chi connectivity index (χ0v) is 31.8. The number of aromatic amines is 3. The smallest absolute Gasteiger partial charge is 0.203 e. The van der Waals surface area contributed by atoms with Gasteiger partial charge in [0, 0.05) is 38.8 Å². The monoisotopic (exact) mass is 700 g/mol. The van der Waals surface area contributed by atoms with E-state index in [0.717, 1.165) is 66.7 Å². The Hall–Kier alpha value is -6.21. The van der Waals surface area contributed by atoms with Gasteiger partial charge in [0.2, 0.25) is 5.75 Å². The number of benzene rings is 3. The summed E-state index contributed by atoms with van der Waals surface area (Å²) < 4.78 is 17.4. The molecule has 7 aromatic rings. The second-order valence-electron chi connectivity index (χ2n) is 14.2. The van der Waals surface area contributed by atoms with E-state index in [1.54, 1.807) is 21.3 Å². The van der Waals surface area contributed by atoms with E-state index in [2.05, 4.69) is 129 Å². The highest BCUT2D eigenvalue weighted by Gasteiger charge is 2.21. The minimum atomic E-state index is 0.534. The molecule has 53 heavy (non-hydrogen) atoms. The third-order valence-corrected chi connectivity index (χ3v) is 10.4. The van der Waals surface area contributed by atoms with Gasteiger partial charge in [-0.2, -0.15) is 0 Å². The molecule has 0 aliphatic carbocycles. The first kappa shape index (κ1) is 33.9. The molecule has 1 aliphatic rings. The summed E-state index contributed by atoms with van der Waals surface area (Å²) >= 11 is 0. The van der Waals surface area contributed by atoms with Crippen LogP contribution in [0.4, 0.5) is 0 Å². The number of rotatable bonds is 6. The SMILES string of the molecule is COc1cc(-c2c3nc(c(-c4c(C)cc(C)cc4C)c4ccc([nH]4)c4ccc([nH]4)c(-c4c(C)cc(C)cc4C)c4ccc2[nH]4)C=C3)cc(OC)c1OC. The molecule has 0 spiro atoms. The molecule has 3 aromatic carbocycles. The number of ether oxygens (including phenoxy) is 3. The van der Waals surface area contributed by atoms with Gasteiger partial charge >= 0.3 is 0 Å². The van der Waals surface area contributed by atoms with Gasteiger partial charge in [0.25, 0.3) is 0 Å². The van der Waals surface area contributed by atoms with Gasteiger partial charge in [-0.3, -0.25) is 0 Å². The van der Waals surface area contributed by atoms with Gasteiger partial charge in [-0.05, 0) is 141 Å². The lowest BCUT2D eigenvalue weighted by molar-refractivity contribution is 0.324. The number of fused-ring (bicyclic) bond motifs is 9. The maximum atomic E-state index is 5.85. The van der Waals surface area contributed by atoms with Crippen LogP contribution in [-0.4, -0.2) is 41.3 Å². The Labute approximate surface area is 309 Å². The maximum absolute atomic E-state index is 5.85.